The fraction of sp³-hybridized carbons (Fsp3) is 0.350. The minimum absolute atomic E-state index is 0.210. The van der Waals surface area contributed by atoms with Crippen molar-refractivity contribution in [2.45, 2.75) is 0 Å². The molecule has 1 fully saturated rings. The molecule has 7 heteroatoms. The molecule has 144 valence electrons. The standard InChI is InChI=1S/C20H24N2O5/c1-24-17-12-15(13-18(25-2)19(17)26-3)21-20(23)14-4-6-16(7-5-14)22-8-10-27-11-9-22/h4-7,12-13H,8-11H2,1-3H3,(H,21,23). The van der Waals surface area contributed by atoms with E-state index in [4.69, 9.17) is 18.9 Å². The fourth-order valence-electron chi connectivity index (χ4n) is 3.00. The predicted octanol–water partition coefficient (Wildman–Crippen LogP) is 2.80. The summed E-state index contributed by atoms with van der Waals surface area (Å²) in [6.07, 6.45) is 0. The van der Waals surface area contributed by atoms with Crippen molar-refractivity contribution in [3.8, 4) is 17.2 Å². The Kier molecular flexibility index (Phi) is 6.03. The number of carbonyl (C=O) groups is 1. The van der Waals surface area contributed by atoms with Gasteiger partial charge >= 0.3 is 0 Å². The summed E-state index contributed by atoms with van der Waals surface area (Å²) < 4.78 is 21.3. The zero-order valence-corrected chi connectivity index (χ0v) is 15.8. The molecular formula is C20H24N2O5. The van der Waals surface area contributed by atoms with Crippen LogP contribution in [0.15, 0.2) is 36.4 Å². The summed E-state index contributed by atoms with van der Waals surface area (Å²) in [4.78, 5) is 14.8. The third kappa shape index (κ3) is 4.25. The molecule has 1 saturated heterocycles. The van der Waals surface area contributed by atoms with Gasteiger partial charge in [-0.15, -0.1) is 0 Å². The van der Waals surface area contributed by atoms with E-state index < -0.39 is 0 Å². The molecule has 3 rings (SSSR count). The van der Waals surface area contributed by atoms with E-state index in [9.17, 15) is 4.79 Å². The Hall–Kier alpha value is -2.93. The normalized spacial score (nSPS) is 13.8. The number of hydrogen-bond acceptors (Lipinski definition) is 6. The number of ether oxygens (including phenoxy) is 4. The number of nitrogens with one attached hydrogen (secondary N) is 1. The Morgan fingerprint density at radius 3 is 2.07 bits per heavy atom. The Bertz CT molecular complexity index is 760. The van der Waals surface area contributed by atoms with E-state index >= 15 is 0 Å². The average Bonchev–Trinajstić information content (AvgIpc) is 2.73. The highest BCUT2D eigenvalue weighted by molar-refractivity contribution is 6.04. The summed E-state index contributed by atoms with van der Waals surface area (Å²) in [5, 5.41) is 2.87. The molecule has 7 nitrogen and oxygen atoms in total. The molecule has 27 heavy (non-hydrogen) atoms. The number of morpholine rings is 1. The maximum Gasteiger partial charge on any atom is 0.255 e. The van der Waals surface area contributed by atoms with Gasteiger partial charge < -0.3 is 29.2 Å². The first-order chi connectivity index (χ1) is 13.2. The molecule has 0 aromatic heterocycles. The van der Waals surface area contributed by atoms with E-state index in [0.29, 0.717) is 28.5 Å². The summed E-state index contributed by atoms with van der Waals surface area (Å²) in [7, 11) is 4.61. The minimum atomic E-state index is -0.210. The van der Waals surface area contributed by atoms with Crippen LogP contribution in [0, 0.1) is 0 Å². The van der Waals surface area contributed by atoms with E-state index in [1.807, 2.05) is 24.3 Å². The van der Waals surface area contributed by atoms with Crippen LogP contribution in [-0.2, 0) is 4.74 Å². The quantitative estimate of drug-likeness (QED) is 0.841. The third-order valence-corrected chi connectivity index (χ3v) is 4.43. The van der Waals surface area contributed by atoms with Gasteiger partial charge in [0, 0.05) is 42.2 Å². The second kappa shape index (κ2) is 8.64. The van der Waals surface area contributed by atoms with Crippen molar-refractivity contribution in [2.24, 2.45) is 0 Å². The van der Waals surface area contributed by atoms with Crippen LogP contribution in [-0.4, -0.2) is 53.5 Å². The summed E-state index contributed by atoms with van der Waals surface area (Å²) in [6.45, 7) is 3.17. The Labute approximate surface area is 158 Å². The Morgan fingerprint density at radius 2 is 1.56 bits per heavy atom. The molecule has 0 atom stereocenters. The lowest BCUT2D eigenvalue weighted by molar-refractivity contribution is 0.102. The van der Waals surface area contributed by atoms with Crippen molar-refractivity contribution in [3.63, 3.8) is 0 Å². The Balaban J connectivity index is 1.75. The molecule has 2 aromatic carbocycles. The second-order valence-electron chi connectivity index (χ2n) is 6.01. The minimum Gasteiger partial charge on any atom is -0.493 e. The summed E-state index contributed by atoms with van der Waals surface area (Å²) in [5.41, 5.74) is 2.22. The fourth-order valence-corrected chi connectivity index (χ4v) is 3.00. The molecule has 1 N–H and O–H groups in total. The predicted molar refractivity (Wildman–Crippen MR) is 104 cm³/mol. The van der Waals surface area contributed by atoms with Gasteiger partial charge in [-0.25, -0.2) is 0 Å². The van der Waals surface area contributed by atoms with Gasteiger partial charge in [-0.3, -0.25) is 4.79 Å². The average molecular weight is 372 g/mol. The molecule has 0 saturated carbocycles. The number of methoxy groups -OCH3 is 3. The molecule has 0 spiro atoms. The van der Waals surface area contributed by atoms with Crippen LogP contribution in [0.4, 0.5) is 11.4 Å². The molecule has 1 amide bonds. The summed E-state index contributed by atoms with van der Waals surface area (Å²) >= 11 is 0. The van der Waals surface area contributed by atoms with E-state index in [2.05, 4.69) is 10.2 Å². The number of rotatable bonds is 6. The Morgan fingerprint density at radius 1 is 0.963 bits per heavy atom. The van der Waals surface area contributed by atoms with Crippen LogP contribution >= 0.6 is 0 Å². The van der Waals surface area contributed by atoms with Crippen molar-refractivity contribution in [2.75, 3.05) is 57.8 Å². The van der Waals surface area contributed by atoms with E-state index in [0.717, 1.165) is 32.0 Å². The number of carbonyl (C=O) groups excluding carboxylic acids is 1. The molecular weight excluding hydrogens is 348 g/mol. The van der Waals surface area contributed by atoms with Gasteiger partial charge in [-0.2, -0.15) is 0 Å². The van der Waals surface area contributed by atoms with E-state index in [1.54, 1.807) is 12.1 Å². The monoisotopic (exact) mass is 372 g/mol. The number of anilines is 2. The topological polar surface area (TPSA) is 69.3 Å². The van der Waals surface area contributed by atoms with Gasteiger partial charge in [0.05, 0.1) is 34.5 Å². The highest BCUT2D eigenvalue weighted by atomic mass is 16.5. The van der Waals surface area contributed by atoms with Crippen LogP contribution in [0.1, 0.15) is 10.4 Å². The van der Waals surface area contributed by atoms with Gasteiger partial charge in [-0.05, 0) is 24.3 Å². The maximum atomic E-state index is 12.6. The first-order valence-electron chi connectivity index (χ1n) is 8.70. The lowest BCUT2D eigenvalue weighted by Gasteiger charge is -2.28. The van der Waals surface area contributed by atoms with Gasteiger partial charge in [0.2, 0.25) is 5.75 Å². The zero-order valence-electron chi connectivity index (χ0n) is 15.8. The van der Waals surface area contributed by atoms with Crippen LogP contribution in [0.5, 0.6) is 17.2 Å². The molecule has 2 aromatic rings. The highest BCUT2D eigenvalue weighted by Gasteiger charge is 2.16. The van der Waals surface area contributed by atoms with Crippen molar-refractivity contribution < 1.29 is 23.7 Å². The summed E-state index contributed by atoms with van der Waals surface area (Å²) in [6, 6.07) is 10.9. The van der Waals surface area contributed by atoms with Crippen LogP contribution in [0.25, 0.3) is 0 Å². The molecule has 0 radical (unpaired) electrons. The number of nitrogens with zero attached hydrogens (tertiary/aromatic N) is 1. The first kappa shape index (κ1) is 18.8. The summed E-state index contributed by atoms with van der Waals surface area (Å²) in [5.74, 6) is 1.23. The lowest BCUT2D eigenvalue weighted by Crippen LogP contribution is -2.36. The smallest absolute Gasteiger partial charge is 0.255 e. The molecule has 1 heterocycles. The second-order valence-corrected chi connectivity index (χ2v) is 6.01. The molecule has 0 aliphatic carbocycles. The van der Waals surface area contributed by atoms with Crippen LogP contribution < -0.4 is 24.4 Å². The third-order valence-electron chi connectivity index (χ3n) is 4.43. The largest absolute Gasteiger partial charge is 0.493 e. The molecule has 0 bridgehead atoms. The molecule has 0 unspecified atom stereocenters. The van der Waals surface area contributed by atoms with E-state index in [-0.39, 0.29) is 5.91 Å². The van der Waals surface area contributed by atoms with Crippen molar-refractivity contribution in [1.29, 1.82) is 0 Å². The van der Waals surface area contributed by atoms with Crippen LogP contribution in [0.3, 0.4) is 0 Å². The highest BCUT2D eigenvalue weighted by Crippen LogP contribution is 2.40. The van der Waals surface area contributed by atoms with Gasteiger partial charge in [0.25, 0.3) is 5.91 Å². The van der Waals surface area contributed by atoms with E-state index in [1.165, 1.54) is 21.3 Å². The molecule has 1 aliphatic rings. The van der Waals surface area contributed by atoms with Gasteiger partial charge in [0.15, 0.2) is 11.5 Å². The number of benzene rings is 2. The SMILES string of the molecule is COc1cc(NC(=O)c2ccc(N3CCOCC3)cc2)cc(OC)c1OC. The molecule has 1 aliphatic heterocycles. The van der Waals surface area contributed by atoms with Gasteiger partial charge in [-0.1, -0.05) is 0 Å². The zero-order chi connectivity index (χ0) is 19.2. The van der Waals surface area contributed by atoms with Gasteiger partial charge in [0.1, 0.15) is 0 Å². The van der Waals surface area contributed by atoms with Crippen molar-refractivity contribution in [1.82, 2.24) is 0 Å². The number of amides is 1. The maximum absolute atomic E-state index is 12.6. The van der Waals surface area contributed by atoms with Crippen LogP contribution in [0.2, 0.25) is 0 Å². The first-order valence-corrected chi connectivity index (χ1v) is 8.70. The van der Waals surface area contributed by atoms with Crippen molar-refractivity contribution >= 4 is 17.3 Å². The lowest BCUT2D eigenvalue weighted by atomic mass is 10.1. The van der Waals surface area contributed by atoms with Crippen molar-refractivity contribution in [3.05, 3.63) is 42.0 Å². The number of hydrogen-bond donors (Lipinski definition) is 1.